The number of hydrogen-bond acceptors (Lipinski definition) is 2. The zero-order chi connectivity index (χ0) is 14.6. The Labute approximate surface area is 129 Å². The molecule has 1 aromatic rings. The van der Waals surface area contributed by atoms with Gasteiger partial charge in [-0.1, -0.05) is 6.92 Å². The topological polar surface area (TPSA) is 41.1 Å². The van der Waals surface area contributed by atoms with Crippen LogP contribution in [0.3, 0.4) is 0 Å². The summed E-state index contributed by atoms with van der Waals surface area (Å²) in [4.78, 5) is 12.2. The molecule has 1 saturated heterocycles. The molecule has 0 aliphatic carbocycles. The normalized spacial score (nSPS) is 20.9. The molecule has 6 heteroatoms. The lowest BCUT2D eigenvalue weighted by molar-refractivity contribution is -0.127. The van der Waals surface area contributed by atoms with Gasteiger partial charge in [-0.15, -0.1) is 12.4 Å². The Bertz CT molecular complexity index is 470. The molecule has 1 amide bonds. The molecule has 1 heterocycles. The molecule has 1 aliphatic heterocycles. The summed E-state index contributed by atoms with van der Waals surface area (Å²) in [5, 5.41) is 6.11. The monoisotopic (exact) mass is 318 g/mol. The summed E-state index contributed by atoms with van der Waals surface area (Å²) in [6.07, 6.45) is 2.99. The van der Waals surface area contributed by atoms with Gasteiger partial charge < -0.3 is 10.6 Å². The first-order chi connectivity index (χ1) is 9.55. The molecule has 0 radical (unpaired) electrons. The fraction of sp³-hybridized carbons (Fsp3) is 0.533. The van der Waals surface area contributed by atoms with Gasteiger partial charge >= 0.3 is 0 Å². The third-order valence-corrected chi connectivity index (χ3v) is 3.90. The number of carbonyl (C=O) groups is 1. The van der Waals surface area contributed by atoms with Crippen LogP contribution in [0.1, 0.15) is 31.7 Å². The molecule has 0 bridgehead atoms. The van der Waals surface area contributed by atoms with E-state index in [9.17, 15) is 13.6 Å². The molecule has 1 fully saturated rings. The highest BCUT2D eigenvalue weighted by Crippen LogP contribution is 2.23. The summed E-state index contributed by atoms with van der Waals surface area (Å²) in [7, 11) is 0. The summed E-state index contributed by atoms with van der Waals surface area (Å²) < 4.78 is 26.1. The van der Waals surface area contributed by atoms with Crippen LogP contribution in [0.2, 0.25) is 0 Å². The highest BCUT2D eigenvalue weighted by atomic mass is 35.5. The third-order valence-electron chi connectivity index (χ3n) is 3.90. The Hall–Kier alpha value is -1.20. The predicted molar refractivity (Wildman–Crippen MR) is 80.6 cm³/mol. The number of benzene rings is 1. The molecule has 0 saturated carbocycles. The van der Waals surface area contributed by atoms with E-state index in [1.54, 1.807) is 0 Å². The van der Waals surface area contributed by atoms with Crippen LogP contribution < -0.4 is 10.6 Å². The van der Waals surface area contributed by atoms with Crippen molar-refractivity contribution in [2.75, 3.05) is 13.1 Å². The van der Waals surface area contributed by atoms with Crippen molar-refractivity contribution in [1.82, 2.24) is 10.6 Å². The molecule has 118 valence electrons. The van der Waals surface area contributed by atoms with Gasteiger partial charge in [-0.05, 0) is 49.9 Å². The number of carbonyl (C=O) groups excluding carboxylic acids is 1. The maximum atomic E-state index is 13.0. The molecule has 0 spiro atoms. The van der Waals surface area contributed by atoms with Crippen LogP contribution in [0.5, 0.6) is 0 Å². The van der Waals surface area contributed by atoms with Crippen molar-refractivity contribution in [2.45, 2.75) is 38.1 Å². The molecule has 1 unspecified atom stereocenters. The molecule has 1 aliphatic rings. The number of amides is 1. The Morgan fingerprint density at radius 3 is 2.52 bits per heavy atom. The largest absolute Gasteiger partial charge is 0.354 e. The maximum absolute atomic E-state index is 13.0. The molecule has 1 atom stereocenters. The molecule has 2 rings (SSSR count). The van der Waals surface area contributed by atoms with Crippen molar-refractivity contribution in [1.29, 1.82) is 0 Å². The standard InChI is InChI=1S/C15H20F2N2O.ClH/c1-2-15(5-3-6-19-15)14(20)18-7-4-11-8-12(16)10-13(17)9-11;/h8-10,19H,2-7H2,1H3,(H,18,20);1H. The van der Waals surface area contributed by atoms with E-state index in [1.807, 2.05) is 6.92 Å². The third kappa shape index (κ3) is 4.38. The van der Waals surface area contributed by atoms with Crippen molar-refractivity contribution >= 4 is 18.3 Å². The highest BCUT2D eigenvalue weighted by molar-refractivity contribution is 5.86. The van der Waals surface area contributed by atoms with Gasteiger partial charge in [0.05, 0.1) is 5.54 Å². The number of nitrogens with one attached hydrogen (secondary N) is 2. The van der Waals surface area contributed by atoms with Gasteiger partial charge in [0.2, 0.25) is 5.91 Å². The van der Waals surface area contributed by atoms with E-state index in [4.69, 9.17) is 0 Å². The van der Waals surface area contributed by atoms with E-state index >= 15 is 0 Å². The van der Waals surface area contributed by atoms with E-state index < -0.39 is 17.2 Å². The number of hydrogen-bond donors (Lipinski definition) is 2. The quantitative estimate of drug-likeness (QED) is 0.876. The second kappa shape index (κ2) is 7.71. The van der Waals surface area contributed by atoms with Gasteiger partial charge in [0.1, 0.15) is 11.6 Å². The Balaban J connectivity index is 0.00000220. The SMILES string of the molecule is CCC1(C(=O)NCCc2cc(F)cc(F)c2)CCCN1.Cl. The summed E-state index contributed by atoms with van der Waals surface area (Å²) in [6, 6.07) is 3.42. The van der Waals surface area contributed by atoms with Crippen LogP contribution in [0.15, 0.2) is 18.2 Å². The molecular weight excluding hydrogens is 298 g/mol. The van der Waals surface area contributed by atoms with Crippen LogP contribution in [-0.2, 0) is 11.2 Å². The van der Waals surface area contributed by atoms with E-state index in [0.717, 1.165) is 31.9 Å². The minimum absolute atomic E-state index is 0. The molecule has 21 heavy (non-hydrogen) atoms. The van der Waals surface area contributed by atoms with Crippen molar-refractivity contribution in [3.05, 3.63) is 35.4 Å². The first-order valence-electron chi connectivity index (χ1n) is 7.04. The number of rotatable bonds is 5. The lowest BCUT2D eigenvalue weighted by Crippen LogP contribution is -2.53. The average molecular weight is 319 g/mol. The first-order valence-corrected chi connectivity index (χ1v) is 7.04. The van der Waals surface area contributed by atoms with Crippen LogP contribution in [0.4, 0.5) is 8.78 Å². The number of halogens is 3. The van der Waals surface area contributed by atoms with Gasteiger partial charge in [-0.3, -0.25) is 4.79 Å². The smallest absolute Gasteiger partial charge is 0.240 e. The van der Waals surface area contributed by atoms with Crippen LogP contribution in [0.25, 0.3) is 0 Å². The highest BCUT2D eigenvalue weighted by Gasteiger charge is 2.38. The maximum Gasteiger partial charge on any atom is 0.240 e. The van der Waals surface area contributed by atoms with Crippen LogP contribution >= 0.6 is 12.4 Å². The summed E-state index contributed by atoms with van der Waals surface area (Å²) in [5.41, 5.74) is 0.0837. The molecule has 3 nitrogen and oxygen atoms in total. The molecular formula is C15H21ClF2N2O. The lowest BCUT2D eigenvalue weighted by Gasteiger charge is -2.26. The Morgan fingerprint density at radius 1 is 1.33 bits per heavy atom. The predicted octanol–water partition coefficient (Wildman–Crippen LogP) is 2.58. The van der Waals surface area contributed by atoms with E-state index in [-0.39, 0.29) is 18.3 Å². The molecule has 0 aromatic heterocycles. The van der Waals surface area contributed by atoms with Gasteiger partial charge in [-0.2, -0.15) is 0 Å². The van der Waals surface area contributed by atoms with E-state index in [0.29, 0.717) is 18.5 Å². The fourth-order valence-electron chi connectivity index (χ4n) is 2.71. The fourth-order valence-corrected chi connectivity index (χ4v) is 2.71. The average Bonchev–Trinajstić information content (AvgIpc) is 2.87. The zero-order valence-electron chi connectivity index (χ0n) is 12.0. The van der Waals surface area contributed by atoms with Crippen molar-refractivity contribution in [3.8, 4) is 0 Å². The Morgan fingerprint density at radius 2 is 2.00 bits per heavy atom. The van der Waals surface area contributed by atoms with Crippen molar-refractivity contribution in [2.24, 2.45) is 0 Å². The van der Waals surface area contributed by atoms with Crippen molar-refractivity contribution < 1.29 is 13.6 Å². The van der Waals surface area contributed by atoms with Gasteiger partial charge in [0, 0.05) is 12.6 Å². The summed E-state index contributed by atoms with van der Waals surface area (Å²) in [6.45, 7) is 3.22. The summed E-state index contributed by atoms with van der Waals surface area (Å²) >= 11 is 0. The minimum Gasteiger partial charge on any atom is -0.354 e. The zero-order valence-corrected chi connectivity index (χ0v) is 12.9. The summed E-state index contributed by atoms with van der Waals surface area (Å²) in [5.74, 6) is -1.20. The molecule has 1 aromatic carbocycles. The minimum atomic E-state index is -0.589. The van der Waals surface area contributed by atoms with Gasteiger partial charge in [0.25, 0.3) is 0 Å². The van der Waals surface area contributed by atoms with Crippen molar-refractivity contribution in [3.63, 3.8) is 0 Å². The van der Waals surface area contributed by atoms with E-state index in [1.165, 1.54) is 12.1 Å². The second-order valence-corrected chi connectivity index (χ2v) is 5.25. The second-order valence-electron chi connectivity index (χ2n) is 5.25. The van der Waals surface area contributed by atoms with E-state index in [2.05, 4.69) is 10.6 Å². The van der Waals surface area contributed by atoms with Gasteiger partial charge in [0.15, 0.2) is 0 Å². The lowest BCUT2D eigenvalue weighted by atomic mass is 9.93. The molecule has 2 N–H and O–H groups in total. The van der Waals surface area contributed by atoms with Gasteiger partial charge in [-0.25, -0.2) is 8.78 Å². The Kier molecular flexibility index (Phi) is 6.55. The first kappa shape index (κ1) is 17.9. The van der Waals surface area contributed by atoms with Crippen LogP contribution in [-0.4, -0.2) is 24.5 Å². The van der Waals surface area contributed by atoms with Crippen LogP contribution in [0, 0.1) is 11.6 Å².